The number of hydrogen-bond acceptors (Lipinski definition) is 5. The van der Waals surface area contributed by atoms with Crippen LogP contribution in [-0.2, 0) is 12.8 Å². The zero-order valence-electron chi connectivity index (χ0n) is 17.5. The minimum absolute atomic E-state index is 0.0337. The van der Waals surface area contributed by atoms with Crippen molar-refractivity contribution in [3.8, 4) is 0 Å². The Bertz CT molecular complexity index is 790. The second-order valence-electron chi connectivity index (χ2n) is 8.43. The van der Waals surface area contributed by atoms with Gasteiger partial charge in [-0.1, -0.05) is 25.8 Å². The number of halogens is 2. The highest BCUT2D eigenvalue weighted by molar-refractivity contribution is 7.09. The molecule has 166 valence electrons. The molecule has 30 heavy (non-hydrogen) atoms. The van der Waals surface area contributed by atoms with Gasteiger partial charge in [0.05, 0.1) is 17.2 Å². The maximum Gasteiger partial charge on any atom is 0.223 e. The number of thiazole rings is 1. The Balaban J connectivity index is 1.54. The van der Waals surface area contributed by atoms with E-state index in [4.69, 9.17) is 11.6 Å². The summed E-state index contributed by atoms with van der Waals surface area (Å²) in [5.41, 5.74) is 1.98. The highest BCUT2D eigenvalue weighted by Crippen LogP contribution is 2.41. The van der Waals surface area contributed by atoms with Gasteiger partial charge in [-0.2, -0.15) is 4.39 Å². The van der Waals surface area contributed by atoms with Crippen LogP contribution in [0.4, 0.5) is 4.39 Å². The summed E-state index contributed by atoms with van der Waals surface area (Å²) in [5.74, 6) is -0.0165. The van der Waals surface area contributed by atoms with E-state index in [0.29, 0.717) is 6.42 Å². The van der Waals surface area contributed by atoms with Crippen molar-refractivity contribution in [3.05, 3.63) is 45.9 Å². The zero-order valence-corrected chi connectivity index (χ0v) is 19.1. The smallest absolute Gasteiger partial charge is 0.223 e. The number of aryl methyl sites for hydroxylation is 2. The van der Waals surface area contributed by atoms with Crippen molar-refractivity contribution in [1.29, 1.82) is 0 Å². The second-order valence-corrected chi connectivity index (χ2v) is 9.93. The number of rotatable bonds is 11. The fourth-order valence-electron chi connectivity index (χ4n) is 4.55. The summed E-state index contributed by atoms with van der Waals surface area (Å²) in [5, 5.41) is 23.1. The number of aliphatic hydroxyl groups excluding tert-OH is 2. The van der Waals surface area contributed by atoms with Crippen LogP contribution in [0.1, 0.15) is 74.1 Å². The Hall–Kier alpha value is -1.08. The molecule has 2 N–H and O–H groups in total. The molecule has 2 aromatic heterocycles. The lowest BCUT2D eigenvalue weighted by Gasteiger charge is -2.23. The van der Waals surface area contributed by atoms with Gasteiger partial charge >= 0.3 is 0 Å². The first-order valence-electron chi connectivity index (χ1n) is 11.0. The SMILES string of the molecule is CCCCC(O)c1cncc(CC[C@H]2C(Cl)CC(O)[C@@H]2CCCc2nc(F)cs2)c1. The van der Waals surface area contributed by atoms with E-state index in [0.717, 1.165) is 67.5 Å². The van der Waals surface area contributed by atoms with Gasteiger partial charge in [-0.05, 0) is 67.9 Å². The molecule has 3 rings (SSSR count). The molecule has 2 aromatic rings. The molecule has 4 nitrogen and oxygen atoms in total. The summed E-state index contributed by atoms with van der Waals surface area (Å²) in [6, 6.07) is 2.05. The highest BCUT2D eigenvalue weighted by Gasteiger charge is 2.40. The Morgan fingerprint density at radius 3 is 2.80 bits per heavy atom. The summed E-state index contributed by atoms with van der Waals surface area (Å²) in [4.78, 5) is 8.20. The zero-order chi connectivity index (χ0) is 21.5. The predicted octanol–water partition coefficient (Wildman–Crippen LogP) is 5.46. The Kier molecular flexibility index (Phi) is 9.05. The van der Waals surface area contributed by atoms with Crippen molar-refractivity contribution in [2.24, 2.45) is 11.8 Å². The normalized spacial score (nSPS) is 25.0. The molecule has 0 bridgehead atoms. The van der Waals surface area contributed by atoms with Crippen molar-refractivity contribution >= 4 is 22.9 Å². The summed E-state index contributed by atoms with van der Waals surface area (Å²) in [6.07, 6.45) is 10.4. The molecule has 5 atom stereocenters. The van der Waals surface area contributed by atoms with Crippen LogP contribution in [0.25, 0.3) is 0 Å². The minimum Gasteiger partial charge on any atom is -0.393 e. The molecular formula is C23H32ClFN2O2S. The van der Waals surface area contributed by atoms with Gasteiger partial charge < -0.3 is 10.2 Å². The minimum atomic E-state index is -0.463. The van der Waals surface area contributed by atoms with Gasteiger partial charge in [-0.15, -0.1) is 22.9 Å². The topological polar surface area (TPSA) is 66.2 Å². The summed E-state index contributed by atoms with van der Waals surface area (Å²) in [6.45, 7) is 2.12. The summed E-state index contributed by atoms with van der Waals surface area (Å²) in [7, 11) is 0. The quantitative estimate of drug-likeness (QED) is 0.442. The van der Waals surface area contributed by atoms with E-state index < -0.39 is 12.1 Å². The lowest BCUT2D eigenvalue weighted by atomic mass is 9.85. The molecule has 7 heteroatoms. The predicted molar refractivity (Wildman–Crippen MR) is 119 cm³/mol. The third-order valence-corrected chi connectivity index (χ3v) is 7.61. The van der Waals surface area contributed by atoms with E-state index in [1.165, 1.54) is 16.7 Å². The first-order chi connectivity index (χ1) is 14.5. The van der Waals surface area contributed by atoms with Crippen molar-refractivity contribution in [3.63, 3.8) is 0 Å². The van der Waals surface area contributed by atoms with Crippen LogP contribution in [0, 0.1) is 17.8 Å². The molecule has 1 aliphatic rings. The number of pyridine rings is 1. The van der Waals surface area contributed by atoms with Gasteiger partial charge in [0.15, 0.2) is 0 Å². The maximum atomic E-state index is 13.1. The number of unbranched alkanes of at least 4 members (excludes halogenated alkanes) is 1. The maximum absolute atomic E-state index is 13.1. The highest BCUT2D eigenvalue weighted by atomic mass is 35.5. The molecule has 0 amide bonds. The van der Waals surface area contributed by atoms with Crippen LogP contribution < -0.4 is 0 Å². The number of aliphatic hydroxyl groups is 2. The van der Waals surface area contributed by atoms with E-state index in [1.54, 1.807) is 6.20 Å². The molecule has 2 heterocycles. The number of aromatic nitrogens is 2. The molecule has 3 unspecified atom stereocenters. The van der Waals surface area contributed by atoms with Crippen LogP contribution in [-0.4, -0.2) is 31.7 Å². The Morgan fingerprint density at radius 2 is 2.07 bits per heavy atom. The summed E-state index contributed by atoms with van der Waals surface area (Å²) < 4.78 is 13.1. The van der Waals surface area contributed by atoms with E-state index >= 15 is 0 Å². The first-order valence-corrected chi connectivity index (χ1v) is 12.3. The molecule has 1 aliphatic carbocycles. The number of alkyl halides is 1. The monoisotopic (exact) mass is 454 g/mol. The second kappa shape index (κ2) is 11.5. The Labute approximate surface area is 187 Å². The molecule has 1 fully saturated rings. The van der Waals surface area contributed by atoms with Crippen LogP contribution in [0.3, 0.4) is 0 Å². The first kappa shape index (κ1) is 23.6. The molecular weight excluding hydrogens is 423 g/mol. The molecule has 0 radical (unpaired) electrons. The third kappa shape index (κ3) is 6.46. The summed E-state index contributed by atoms with van der Waals surface area (Å²) >= 11 is 7.94. The van der Waals surface area contributed by atoms with Crippen molar-refractivity contribution in [2.75, 3.05) is 0 Å². The average Bonchev–Trinajstić information content (AvgIpc) is 3.27. The number of hydrogen-bond donors (Lipinski definition) is 2. The lowest BCUT2D eigenvalue weighted by Crippen LogP contribution is -2.21. The van der Waals surface area contributed by atoms with Crippen LogP contribution >= 0.6 is 22.9 Å². The van der Waals surface area contributed by atoms with Crippen molar-refractivity contribution in [2.45, 2.75) is 82.3 Å². The fraction of sp³-hybridized carbons (Fsp3) is 0.652. The standard InChI is InChI=1S/C23H32ClFN2O2S/c1-2-3-6-20(28)16-10-15(12-26-13-16)8-9-17-18(21(29)11-19(17)24)5-4-7-23-27-22(25)14-30-23/h10,12-14,17-21,28-29H,2-9,11H2,1H3/t17-,18-,19?,20?,21?/m1/s1. The van der Waals surface area contributed by atoms with Gasteiger partial charge in [-0.3, -0.25) is 4.98 Å². The molecule has 0 aliphatic heterocycles. The fourth-order valence-corrected chi connectivity index (χ4v) is 5.74. The van der Waals surface area contributed by atoms with Crippen LogP contribution in [0.15, 0.2) is 23.8 Å². The van der Waals surface area contributed by atoms with Gasteiger partial charge in [0.25, 0.3) is 0 Å². The van der Waals surface area contributed by atoms with E-state index in [-0.39, 0.29) is 23.3 Å². The molecule has 1 saturated carbocycles. The Morgan fingerprint density at radius 1 is 1.23 bits per heavy atom. The van der Waals surface area contributed by atoms with Crippen molar-refractivity contribution < 1.29 is 14.6 Å². The molecule has 0 spiro atoms. The lowest BCUT2D eigenvalue weighted by molar-refractivity contribution is 0.108. The van der Waals surface area contributed by atoms with Crippen LogP contribution in [0.2, 0.25) is 0 Å². The number of nitrogens with zero attached hydrogens (tertiary/aromatic N) is 2. The van der Waals surface area contributed by atoms with Gasteiger partial charge in [-0.25, -0.2) is 4.98 Å². The van der Waals surface area contributed by atoms with E-state index in [2.05, 4.69) is 16.9 Å². The molecule has 0 saturated heterocycles. The molecule has 0 aromatic carbocycles. The van der Waals surface area contributed by atoms with E-state index in [9.17, 15) is 14.6 Å². The largest absolute Gasteiger partial charge is 0.393 e. The third-order valence-electron chi connectivity index (χ3n) is 6.23. The van der Waals surface area contributed by atoms with Gasteiger partial charge in [0.2, 0.25) is 5.95 Å². The van der Waals surface area contributed by atoms with Crippen molar-refractivity contribution in [1.82, 2.24) is 9.97 Å². The van der Waals surface area contributed by atoms with Gasteiger partial charge in [0.1, 0.15) is 0 Å². The van der Waals surface area contributed by atoms with Crippen LogP contribution in [0.5, 0.6) is 0 Å². The van der Waals surface area contributed by atoms with Gasteiger partial charge in [0, 0.05) is 23.2 Å². The van der Waals surface area contributed by atoms with E-state index in [1.807, 2.05) is 12.3 Å². The average molecular weight is 455 g/mol.